The van der Waals surface area contributed by atoms with Crippen LogP contribution in [-0.4, -0.2) is 56.3 Å². The highest BCUT2D eigenvalue weighted by molar-refractivity contribution is 5.99. The molecule has 2 atom stereocenters. The fourth-order valence-electron chi connectivity index (χ4n) is 5.48. The molecule has 3 aliphatic rings. The zero-order valence-corrected chi connectivity index (χ0v) is 19.6. The first-order valence-corrected chi connectivity index (χ1v) is 12.1. The third-order valence-electron chi connectivity index (χ3n) is 7.22. The Hall–Kier alpha value is -3.95. The number of fused-ring (bicyclic) bond motifs is 4. The van der Waals surface area contributed by atoms with Crippen LogP contribution in [0.5, 0.6) is 11.5 Å². The van der Waals surface area contributed by atoms with Gasteiger partial charge in [0, 0.05) is 19.3 Å². The summed E-state index contributed by atoms with van der Waals surface area (Å²) < 4.78 is 7.59. The zero-order chi connectivity index (χ0) is 24.9. The molecule has 2 fully saturated rings. The molecule has 3 aromatic rings. The average Bonchev–Trinajstić information content (AvgIpc) is 3.40. The Balaban J connectivity index is 1.41. The molecule has 184 valence electrons. The quantitative estimate of drug-likeness (QED) is 0.573. The van der Waals surface area contributed by atoms with E-state index in [0.29, 0.717) is 25.3 Å². The van der Waals surface area contributed by atoms with Gasteiger partial charge in [-0.1, -0.05) is 48.5 Å². The number of amides is 2. The SMILES string of the molecule is O=C(NCc1ccccc1)c1cn2c(c(Oc3ccccc3)c1=O)C(=O)N1C[C@]3(O)CCCN3[C@H]1C2. The molecular formula is C27H26N4O5. The van der Waals surface area contributed by atoms with Crippen molar-refractivity contribution < 1.29 is 19.4 Å². The highest BCUT2D eigenvalue weighted by Gasteiger charge is 2.56. The molecule has 0 saturated carbocycles. The van der Waals surface area contributed by atoms with Gasteiger partial charge in [0.1, 0.15) is 23.2 Å². The van der Waals surface area contributed by atoms with E-state index in [1.54, 1.807) is 33.7 Å². The van der Waals surface area contributed by atoms with E-state index in [9.17, 15) is 19.5 Å². The number of carbonyl (C=O) groups is 2. The maximum Gasteiger partial charge on any atom is 0.276 e. The Morgan fingerprint density at radius 2 is 1.81 bits per heavy atom. The van der Waals surface area contributed by atoms with Crippen LogP contribution in [0.25, 0.3) is 0 Å². The van der Waals surface area contributed by atoms with Crippen LogP contribution in [0.15, 0.2) is 71.7 Å². The van der Waals surface area contributed by atoms with Crippen molar-refractivity contribution in [2.24, 2.45) is 0 Å². The van der Waals surface area contributed by atoms with Crippen LogP contribution < -0.4 is 15.5 Å². The predicted molar refractivity (Wildman–Crippen MR) is 131 cm³/mol. The van der Waals surface area contributed by atoms with Crippen molar-refractivity contribution in [3.8, 4) is 11.5 Å². The van der Waals surface area contributed by atoms with Gasteiger partial charge in [0.05, 0.1) is 13.1 Å². The largest absolute Gasteiger partial charge is 0.451 e. The molecule has 2 N–H and O–H groups in total. The van der Waals surface area contributed by atoms with Crippen molar-refractivity contribution >= 4 is 11.8 Å². The van der Waals surface area contributed by atoms with E-state index in [2.05, 4.69) is 5.32 Å². The van der Waals surface area contributed by atoms with E-state index in [0.717, 1.165) is 12.0 Å². The van der Waals surface area contributed by atoms with Gasteiger partial charge in [-0.15, -0.1) is 0 Å². The minimum Gasteiger partial charge on any atom is -0.451 e. The molecule has 1 aromatic heterocycles. The molecule has 2 saturated heterocycles. The Kier molecular flexibility index (Phi) is 5.39. The number of para-hydroxylation sites is 1. The molecule has 0 radical (unpaired) electrons. The number of hydrogen-bond donors (Lipinski definition) is 2. The third-order valence-corrected chi connectivity index (χ3v) is 7.22. The van der Waals surface area contributed by atoms with E-state index < -0.39 is 23.0 Å². The predicted octanol–water partition coefficient (Wildman–Crippen LogP) is 2.15. The first kappa shape index (κ1) is 22.5. The Morgan fingerprint density at radius 3 is 2.56 bits per heavy atom. The van der Waals surface area contributed by atoms with Crippen LogP contribution in [0.1, 0.15) is 39.3 Å². The van der Waals surface area contributed by atoms with Crippen LogP contribution in [0.4, 0.5) is 0 Å². The smallest absolute Gasteiger partial charge is 0.276 e. The summed E-state index contributed by atoms with van der Waals surface area (Å²) in [6.45, 7) is 1.42. The average molecular weight is 487 g/mol. The summed E-state index contributed by atoms with van der Waals surface area (Å²) in [5.74, 6) is -0.740. The molecule has 4 heterocycles. The number of rotatable bonds is 5. The summed E-state index contributed by atoms with van der Waals surface area (Å²) in [5.41, 5.74) is -0.837. The fourth-order valence-corrected chi connectivity index (χ4v) is 5.48. The second-order valence-corrected chi connectivity index (χ2v) is 9.48. The van der Waals surface area contributed by atoms with Crippen LogP contribution in [0, 0.1) is 0 Å². The van der Waals surface area contributed by atoms with Gasteiger partial charge in [-0.25, -0.2) is 0 Å². The van der Waals surface area contributed by atoms with Crippen LogP contribution in [0.3, 0.4) is 0 Å². The fraction of sp³-hybridized carbons (Fsp3) is 0.296. The lowest BCUT2D eigenvalue weighted by Gasteiger charge is -2.36. The number of nitrogens with one attached hydrogen (secondary N) is 1. The van der Waals surface area contributed by atoms with Gasteiger partial charge in [-0.05, 0) is 30.5 Å². The molecule has 9 heteroatoms. The molecule has 0 unspecified atom stereocenters. The van der Waals surface area contributed by atoms with Gasteiger partial charge in [0.25, 0.3) is 11.8 Å². The number of aliphatic hydroxyl groups is 1. The number of aromatic nitrogens is 1. The second kappa shape index (κ2) is 8.61. The van der Waals surface area contributed by atoms with Crippen molar-refractivity contribution in [3.63, 3.8) is 0 Å². The summed E-state index contributed by atoms with van der Waals surface area (Å²) >= 11 is 0. The molecule has 36 heavy (non-hydrogen) atoms. The molecule has 0 aliphatic carbocycles. The monoisotopic (exact) mass is 486 g/mol. The lowest BCUT2D eigenvalue weighted by molar-refractivity contribution is -0.0574. The first-order chi connectivity index (χ1) is 17.4. The topological polar surface area (TPSA) is 104 Å². The maximum atomic E-state index is 13.7. The van der Waals surface area contributed by atoms with E-state index in [4.69, 9.17) is 4.74 Å². The number of carbonyl (C=O) groups excluding carboxylic acids is 2. The Labute approximate surface area is 207 Å². The van der Waals surface area contributed by atoms with Gasteiger partial charge >= 0.3 is 0 Å². The third kappa shape index (κ3) is 3.68. The van der Waals surface area contributed by atoms with E-state index in [-0.39, 0.29) is 36.3 Å². The second-order valence-electron chi connectivity index (χ2n) is 9.48. The molecule has 6 rings (SSSR count). The van der Waals surface area contributed by atoms with Gasteiger partial charge in [0.2, 0.25) is 11.2 Å². The Bertz CT molecular complexity index is 1390. The maximum absolute atomic E-state index is 13.7. The van der Waals surface area contributed by atoms with E-state index in [1.807, 2.05) is 41.3 Å². The summed E-state index contributed by atoms with van der Waals surface area (Å²) in [6.07, 6.45) is 2.52. The molecule has 0 bridgehead atoms. The summed E-state index contributed by atoms with van der Waals surface area (Å²) in [4.78, 5) is 43.9. The molecule has 2 amide bonds. The van der Waals surface area contributed by atoms with Gasteiger partial charge in [-0.2, -0.15) is 0 Å². The first-order valence-electron chi connectivity index (χ1n) is 12.1. The number of pyridine rings is 1. The van der Waals surface area contributed by atoms with Crippen molar-refractivity contribution in [1.82, 2.24) is 19.7 Å². The molecule has 2 aromatic carbocycles. The van der Waals surface area contributed by atoms with Crippen molar-refractivity contribution in [3.05, 3.63) is 93.9 Å². The normalized spacial score (nSPS) is 22.6. The molecular weight excluding hydrogens is 460 g/mol. The van der Waals surface area contributed by atoms with Crippen molar-refractivity contribution in [2.75, 3.05) is 13.1 Å². The zero-order valence-electron chi connectivity index (χ0n) is 19.6. The van der Waals surface area contributed by atoms with Crippen LogP contribution in [-0.2, 0) is 13.1 Å². The number of ether oxygens (including phenoxy) is 1. The van der Waals surface area contributed by atoms with Gasteiger partial charge in [-0.3, -0.25) is 19.3 Å². The Morgan fingerprint density at radius 1 is 1.08 bits per heavy atom. The molecule has 9 nitrogen and oxygen atoms in total. The highest BCUT2D eigenvalue weighted by Crippen LogP contribution is 2.41. The lowest BCUT2D eigenvalue weighted by Crippen LogP contribution is -2.51. The standard InChI is InChI=1S/C27H26N4O5/c32-23-20(25(33)28-14-18-8-3-1-4-9-18)15-29-16-21-30(17-27(35)12-7-13-31(21)27)26(34)22(29)24(23)36-19-10-5-2-6-11-19/h1-6,8-11,15,21,35H,7,12-14,16-17H2,(H,28,33)/t21-,27+/m0/s1. The number of benzene rings is 2. The summed E-state index contributed by atoms with van der Waals surface area (Å²) in [7, 11) is 0. The van der Waals surface area contributed by atoms with Gasteiger partial charge < -0.3 is 24.6 Å². The molecule has 3 aliphatic heterocycles. The van der Waals surface area contributed by atoms with E-state index >= 15 is 0 Å². The number of hydrogen-bond acceptors (Lipinski definition) is 6. The highest BCUT2D eigenvalue weighted by atomic mass is 16.5. The molecule has 0 spiro atoms. The number of nitrogens with zero attached hydrogens (tertiary/aromatic N) is 3. The summed E-state index contributed by atoms with van der Waals surface area (Å²) in [6, 6.07) is 18.1. The summed E-state index contributed by atoms with van der Waals surface area (Å²) in [5, 5.41) is 13.9. The van der Waals surface area contributed by atoms with Crippen LogP contribution in [0.2, 0.25) is 0 Å². The van der Waals surface area contributed by atoms with Gasteiger partial charge in [0.15, 0.2) is 5.69 Å². The minimum atomic E-state index is -1.07. The van der Waals surface area contributed by atoms with E-state index in [1.165, 1.54) is 6.20 Å². The van der Waals surface area contributed by atoms with Crippen LogP contribution >= 0.6 is 0 Å². The van der Waals surface area contributed by atoms with Crippen molar-refractivity contribution in [1.29, 1.82) is 0 Å². The van der Waals surface area contributed by atoms with Crippen molar-refractivity contribution in [2.45, 2.75) is 37.8 Å². The minimum absolute atomic E-state index is 0.0875. The lowest BCUT2D eigenvalue weighted by atomic mass is 10.1.